The number of nitrogens with zero attached hydrogens (tertiary/aromatic N) is 3. The fourth-order valence-electron chi connectivity index (χ4n) is 1.88. The number of benzene rings is 1. The molecule has 5 nitrogen and oxygen atoms in total. The lowest BCUT2D eigenvalue weighted by molar-refractivity contribution is 0.982. The highest BCUT2D eigenvalue weighted by Crippen LogP contribution is 2.22. The number of aryl methyl sites for hydroxylation is 2. The van der Waals surface area contributed by atoms with E-state index in [0.717, 1.165) is 23.0 Å². The Kier molecular flexibility index (Phi) is 3.46. The van der Waals surface area contributed by atoms with Gasteiger partial charge in [0.1, 0.15) is 17.5 Å². The quantitative estimate of drug-likeness (QED) is 0.650. The van der Waals surface area contributed by atoms with Gasteiger partial charge >= 0.3 is 0 Å². The first-order chi connectivity index (χ1) is 8.97. The smallest absolute Gasteiger partial charge is 0.136 e. The Hall–Kier alpha value is -2.43. The molecule has 19 heavy (non-hydrogen) atoms. The van der Waals surface area contributed by atoms with Gasteiger partial charge in [-0.15, -0.1) is 0 Å². The highest BCUT2D eigenvalue weighted by molar-refractivity contribution is 5.96. The second-order valence-corrected chi connectivity index (χ2v) is 4.44. The summed E-state index contributed by atoms with van der Waals surface area (Å²) in [6, 6.07) is 9.45. The van der Waals surface area contributed by atoms with E-state index in [9.17, 15) is 0 Å². The summed E-state index contributed by atoms with van der Waals surface area (Å²) >= 11 is 0. The molecule has 1 heterocycles. The van der Waals surface area contributed by atoms with Crippen LogP contribution >= 0.6 is 0 Å². The number of hydrogen-bond donors (Lipinski definition) is 2. The Labute approximate surface area is 112 Å². The van der Waals surface area contributed by atoms with Crippen LogP contribution in [-0.2, 0) is 0 Å². The number of rotatable bonds is 3. The number of nitrogens with one attached hydrogen (secondary N) is 1. The van der Waals surface area contributed by atoms with Gasteiger partial charge in [0, 0.05) is 30.1 Å². The molecule has 1 aromatic heterocycles. The molecule has 0 aliphatic rings. The van der Waals surface area contributed by atoms with Gasteiger partial charge in [-0.2, -0.15) is 0 Å². The van der Waals surface area contributed by atoms with E-state index in [0.29, 0.717) is 5.56 Å². The lowest BCUT2D eigenvalue weighted by Gasteiger charge is -2.19. The van der Waals surface area contributed by atoms with Crippen molar-refractivity contribution in [2.45, 2.75) is 13.8 Å². The molecule has 0 bridgehead atoms. The molecule has 0 amide bonds. The average Bonchev–Trinajstić information content (AvgIpc) is 2.37. The van der Waals surface area contributed by atoms with Crippen molar-refractivity contribution in [1.82, 2.24) is 9.97 Å². The molecule has 2 rings (SSSR count). The van der Waals surface area contributed by atoms with Crippen LogP contribution < -0.4 is 10.6 Å². The molecule has 0 spiro atoms. The van der Waals surface area contributed by atoms with Gasteiger partial charge in [-0.1, -0.05) is 12.1 Å². The van der Waals surface area contributed by atoms with Crippen LogP contribution in [0.4, 0.5) is 11.5 Å². The first-order valence-corrected chi connectivity index (χ1v) is 5.98. The number of nitrogen functional groups attached to an aromatic ring is 1. The third-order valence-electron chi connectivity index (χ3n) is 2.84. The van der Waals surface area contributed by atoms with Crippen LogP contribution in [0.15, 0.2) is 30.3 Å². The first kappa shape index (κ1) is 13.0. The summed E-state index contributed by atoms with van der Waals surface area (Å²) in [5.74, 6) is 1.63. The third kappa shape index (κ3) is 2.88. The van der Waals surface area contributed by atoms with Crippen molar-refractivity contribution in [3.8, 4) is 0 Å². The summed E-state index contributed by atoms with van der Waals surface area (Å²) in [6.07, 6.45) is 0. The molecule has 2 aromatic rings. The summed E-state index contributed by atoms with van der Waals surface area (Å²) in [6.45, 7) is 3.81. The molecule has 0 radical (unpaired) electrons. The molecule has 0 saturated carbocycles. The van der Waals surface area contributed by atoms with Gasteiger partial charge in [0.25, 0.3) is 0 Å². The second kappa shape index (κ2) is 5.06. The van der Waals surface area contributed by atoms with Gasteiger partial charge in [0.15, 0.2) is 0 Å². The third-order valence-corrected chi connectivity index (χ3v) is 2.84. The van der Waals surface area contributed by atoms with Crippen LogP contribution in [0, 0.1) is 19.3 Å². The van der Waals surface area contributed by atoms with Gasteiger partial charge in [-0.25, -0.2) is 9.97 Å². The van der Waals surface area contributed by atoms with Crippen molar-refractivity contribution in [3.05, 3.63) is 47.4 Å². The van der Waals surface area contributed by atoms with Gasteiger partial charge < -0.3 is 10.6 Å². The Morgan fingerprint density at radius 1 is 1.21 bits per heavy atom. The summed E-state index contributed by atoms with van der Waals surface area (Å²) in [5.41, 5.74) is 8.07. The molecule has 0 saturated heterocycles. The van der Waals surface area contributed by atoms with E-state index < -0.39 is 0 Å². The molecule has 0 aliphatic heterocycles. The van der Waals surface area contributed by atoms with Crippen LogP contribution in [0.25, 0.3) is 0 Å². The molecular weight excluding hydrogens is 238 g/mol. The monoisotopic (exact) mass is 255 g/mol. The van der Waals surface area contributed by atoms with Crippen molar-refractivity contribution in [1.29, 1.82) is 5.41 Å². The highest BCUT2D eigenvalue weighted by Gasteiger charge is 2.08. The van der Waals surface area contributed by atoms with Gasteiger partial charge in [0.05, 0.1) is 0 Å². The van der Waals surface area contributed by atoms with E-state index in [1.54, 1.807) is 0 Å². The van der Waals surface area contributed by atoms with E-state index in [4.69, 9.17) is 11.1 Å². The molecule has 0 atom stereocenters. The Bertz CT molecular complexity index is 601. The Morgan fingerprint density at radius 2 is 1.95 bits per heavy atom. The predicted octanol–water partition coefficient (Wildman–Crippen LogP) is 2.15. The topological polar surface area (TPSA) is 78.9 Å². The number of anilines is 2. The Morgan fingerprint density at radius 3 is 2.58 bits per heavy atom. The summed E-state index contributed by atoms with van der Waals surface area (Å²) in [7, 11) is 1.93. The summed E-state index contributed by atoms with van der Waals surface area (Å²) in [5, 5.41) is 7.48. The molecule has 1 aromatic carbocycles. The number of nitrogens with two attached hydrogens (primary N) is 1. The molecule has 98 valence electrons. The van der Waals surface area contributed by atoms with E-state index >= 15 is 0 Å². The minimum atomic E-state index is 0.0605. The lowest BCUT2D eigenvalue weighted by Crippen LogP contribution is -2.15. The summed E-state index contributed by atoms with van der Waals surface area (Å²) < 4.78 is 0. The minimum absolute atomic E-state index is 0.0605. The lowest BCUT2D eigenvalue weighted by atomic mass is 10.2. The average molecular weight is 255 g/mol. The predicted molar refractivity (Wildman–Crippen MR) is 77.0 cm³/mol. The molecule has 0 unspecified atom stereocenters. The first-order valence-electron chi connectivity index (χ1n) is 5.98. The number of amidine groups is 1. The van der Waals surface area contributed by atoms with Crippen molar-refractivity contribution in [2.24, 2.45) is 5.73 Å². The summed E-state index contributed by atoms with van der Waals surface area (Å²) in [4.78, 5) is 10.6. The van der Waals surface area contributed by atoms with Crippen LogP contribution in [0.1, 0.15) is 17.1 Å². The molecule has 0 fully saturated rings. The standard InChI is InChI=1S/C14H17N5/c1-9-7-13(18-10(2)17-9)19(3)12-6-4-5-11(8-12)14(15)16/h4-8H,1-3H3,(H3,15,16). The second-order valence-electron chi connectivity index (χ2n) is 4.44. The fourth-order valence-corrected chi connectivity index (χ4v) is 1.88. The number of aromatic nitrogens is 2. The minimum Gasteiger partial charge on any atom is -0.384 e. The zero-order chi connectivity index (χ0) is 14.0. The van der Waals surface area contributed by atoms with E-state index in [2.05, 4.69) is 9.97 Å². The molecule has 0 aliphatic carbocycles. The van der Waals surface area contributed by atoms with Gasteiger partial charge in [-0.3, -0.25) is 5.41 Å². The van der Waals surface area contributed by atoms with Crippen molar-refractivity contribution in [2.75, 3.05) is 11.9 Å². The molecule has 3 N–H and O–H groups in total. The number of hydrogen-bond acceptors (Lipinski definition) is 4. The van der Waals surface area contributed by atoms with Crippen molar-refractivity contribution >= 4 is 17.3 Å². The Balaban J connectivity index is 2.40. The largest absolute Gasteiger partial charge is 0.384 e. The van der Waals surface area contributed by atoms with Crippen LogP contribution in [0.3, 0.4) is 0 Å². The maximum atomic E-state index is 7.48. The van der Waals surface area contributed by atoms with Gasteiger partial charge in [-0.05, 0) is 26.0 Å². The SMILES string of the molecule is Cc1cc(N(C)c2cccc(C(=N)N)c2)nc(C)n1. The normalized spacial score (nSPS) is 10.3. The zero-order valence-corrected chi connectivity index (χ0v) is 11.3. The van der Waals surface area contributed by atoms with E-state index in [1.807, 2.05) is 56.1 Å². The molecular formula is C14H17N5. The van der Waals surface area contributed by atoms with Gasteiger partial charge in [0.2, 0.25) is 0 Å². The maximum absolute atomic E-state index is 7.48. The van der Waals surface area contributed by atoms with Crippen LogP contribution in [0.2, 0.25) is 0 Å². The zero-order valence-electron chi connectivity index (χ0n) is 11.3. The fraction of sp³-hybridized carbons (Fsp3) is 0.214. The highest BCUT2D eigenvalue weighted by atomic mass is 15.2. The van der Waals surface area contributed by atoms with Crippen molar-refractivity contribution in [3.63, 3.8) is 0 Å². The maximum Gasteiger partial charge on any atom is 0.136 e. The van der Waals surface area contributed by atoms with Crippen LogP contribution in [-0.4, -0.2) is 22.9 Å². The van der Waals surface area contributed by atoms with E-state index in [-0.39, 0.29) is 5.84 Å². The molecule has 5 heteroatoms. The van der Waals surface area contributed by atoms with Crippen LogP contribution in [0.5, 0.6) is 0 Å². The van der Waals surface area contributed by atoms with E-state index in [1.165, 1.54) is 0 Å². The van der Waals surface area contributed by atoms with Crippen molar-refractivity contribution < 1.29 is 0 Å².